The number of nitrogens with zero attached hydrogens (tertiary/aromatic N) is 1. The second-order valence-corrected chi connectivity index (χ2v) is 11.0. The first-order chi connectivity index (χ1) is 14.0. The van der Waals surface area contributed by atoms with Crippen molar-refractivity contribution in [2.75, 3.05) is 22.9 Å². The predicted octanol–water partition coefficient (Wildman–Crippen LogP) is 5.16. The zero-order valence-corrected chi connectivity index (χ0v) is 20.7. The van der Waals surface area contributed by atoms with Gasteiger partial charge in [-0.2, -0.15) is 11.8 Å². The van der Waals surface area contributed by atoms with E-state index in [-0.39, 0.29) is 5.91 Å². The summed E-state index contributed by atoms with van der Waals surface area (Å²) in [5.41, 5.74) is 2.06. The Morgan fingerprint density at radius 1 is 1.13 bits per heavy atom. The fourth-order valence-electron chi connectivity index (χ4n) is 2.82. The van der Waals surface area contributed by atoms with Crippen LogP contribution < -0.4 is 9.62 Å². The van der Waals surface area contributed by atoms with E-state index in [2.05, 4.69) is 5.32 Å². The molecule has 0 saturated heterocycles. The summed E-state index contributed by atoms with van der Waals surface area (Å²) >= 11 is 19.7. The molecule has 1 atom stereocenters. The lowest BCUT2D eigenvalue weighted by molar-refractivity contribution is -0.121. The number of benzene rings is 2. The Bertz CT molecular complexity index is 1020. The number of sulfonamides is 1. The quantitative estimate of drug-likeness (QED) is 0.474. The van der Waals surface area contributed by atoms with Gasteiger partial charge in [0.2, 0.25) is 15.9 Å². The third-order valence-electron chi connectivity index (χ3n) is 4.32. The van der Waals surface area contributed by atoms with E-state index in [4.69, 9.17) is 34.8 Å². The van der Waals surface area contributed by atoms with Gasteiger partial charge in [0.05, 0.1) is 11.9 Å². The van der Waals surface area contributed by atoms with Crippen molar-refractivity contribution in [3.8, 4) is 0 Å². The first-order valence-corrected chi connectivity index (χ1v) is 13.2. The predicted molar refractivity (Wildman–Crippen MR) is 129 cm³/mol. The molecule has 0 saturated carbocycles. The molecule has 0 spiro atoms. The van der Waals surface area contributed by atoms with Crippen LogP contribution in [0.25, 0.3) is 0 Å². The van der Waals surface area contributed by atoms with Crippen LogP contribution in [0.5, 0.6) is 0 Å². The average molecular weight is 510 g/mol. The minimum Gasteiger partial charge on any atom is -0.353 e. The van der Waals surface area contributed by atoms with Gasteiger partial charge in [-0.25, -0.2) is 8.42 Å². The monoisotopic (exact) mass is 508 g/mol. The molecule has 2 aromatic carbocycles. The van der Waals surface area contributed by atoms with Gasteiger partial charge in [0.25, 0.3) is 0 Å². The zero-order chi connectivity index (χ0) is 22.5. The highest BCUT2D eigenvalue weighted by molar-refractivity contribution is 7.98. The molecule has 0 unspecified atom stereocenters. The number of amides is 1. The molecule has 0 aliphatic rings. The molecule has 0 heterocycles. The normalized spacial score (nSPS) is 12.5. The summed E-state index contributed by atoms with van der Waals surface area (Å²) < 4.78 is 25.9. The van der Waals surface area contributed by atoms with Gasteiger partial charge in [-0.1, -0.05) is 46.9 Å². The van der Waals surface area contributed by atoms with E-state index >= 15 is 0 Å². The van der Waals surface area contributed by atoms with Crippen molar-refractivity contribution in [3.05, 3.63) is 62.6 Å². The van der Waals surface area contributed by atoms with Crippen molar-refractivity contribution in [1.82, 2.24) is 5.32 Å². The summed E-state index contributed by atoms with van der Waals surface area (Å²) in [4.78, 5) is 12.6. The highest BCUT2D eigenvalue weighted by atomic mass is 35.5. The van der Waals surface area contributed by atoms with Gasteiger partial charge in [0.15, 0.2) is 0 Å². The Morgan fingerprint density at radius 3 is 2.40 bits per heavy atom. The molecule has 30 heavy (non-hydrogen) atoms. The van der Waals surface area contributed by atoms with Crippen LogP contribution >= 0.6 is 46.6 Å². The highest BCUT2D eigenvalue weighted by Gasteiger charge is 2.30. The molecule has 164 valence electrons. The summed E-state index contributed by atoms with van der Waals surface area (Å²) in [7, 11) is -3.70. The average Bonchev–Trinajstić information content (AvgIpc) is 2.64. The minimum absolute atomic E-state index is 0.384. The van der Waals surface area contributed by atoms with Crippen LogP contribution in [0, 0.1) is 6.92 Å². The molecule has 0 fully saturated rings. The first kappa shape index (κ1) is 25.1. The highest BCUT2D eigenvalue weighted by Crippen LogP contribution is 2.28. The molecule has 2 rings (SSSR count). The molecule has 0 aliphatic carbocycles. The molecular formula is C20H23Cl3N2O3S2. The first-order valence-electron chi connectivity index (χ1n) is 9.05. The second kappa shape index (κ2) is 11.0. The van der Waals surface area contributed by atoms with E-state index in [9.17, 15) is 13.2 Å². The maximum absolute atomic E-state index is 12.6. The third-order valence-corrected chi connectivity index (χ3v) is 7.37. The Kier molecular flexibility index (Phi) is 9.18. The zero-order valence-electron chi connectivity index (χ0n) is 16.8. The van der Waals surface area contributed by atoms with Crippen molar-refractivity contribution in [2.24, 2.45) is 0 Å². The van der Waals surface area contributed by atoms with E-state index < -0.39 is 16.1 Å². The summed E-state index contributed by atoms with van der Waals surface area (Å²) in [5.74, 6) is 0.940. The van der Waals surface area contributed by atoms with Crippen LogP contribution in [0.4, 0.5) is 5.69 Å². The number of anilines is 1. The van der Waals surface area contributed by atoms with Crippen molar-refractivity contribution >= 4 is 68.2 Å². The fraction of sp³-hybridized carbons (Fsp3) is 0.350. The number of carbonyl (C=O) groups is 1. The minimum atomic E-state index is -3.70. The molecule has 1 amide bonds. The second-order valence-electron chi connectivity index (χ2n) is 6.74. The Hall–Kier alpha value is -1.12. The molecule has 2 aromatic rings. The van der Waals surface area contributed by atoms with Crippen LogP contribution in [0.15, 0.2) is 36.4 Å². The number of thioether (sulfide) groups is 1. The largest absolute Gasteiger partial charge is 0.353 e. The van der Waals surface area contributed by atoms with Crippen LogP contribution in [0.3, 0.4) is 0 Å². The molecule has 0 bridgehead atoms. The topological polar surface area (TPSA) is 66.5 Å². The maximum atomic E-state index is 12.6. The number of hydrogen-bond donors (Lipinski definition) is 1. The fourth-order valence-corrected chi connectivity index (χ4v) is 5.62. The van der Waals surface area contributed by atoms with E-state index in [0.29, 0.717) is 44.4 Å². The number of aryl methyl sites for hydroxylation is 1. The molecule has 0 radical (unpaired) electrons. The van der Waals surface area contributed by atoms with Crippen molar-refractivity contribution in [2.45, 2.75) is 25.6 Å². The van der Waals surface area contributed by atoms with Gasteiger partial charge in [-0.05, 0) is 49.2 Å². The number of hydrogen-bond acceptors (Lipinski definition) is 4. The number of rotatable bonds is 9. The maximum Gasteiger partial charge on any atom is 0.243 e. The van der Waals surface area contributed by atoms with Crippen LogP contribution in [-0.4, -0.2) is 38.9 Å². The number of halogens is 3. The smallest absolute Gasteiger partial charge is 0.243 e. The van der Waals surface area contributed by atoms with Crippen LogP contribution in [0.1, 0.15) is 18.1 Å². The Labute approximate surface area is 197 Å². The standard InChI is InChI=1S/C20H23Cl3N2O3S2/c1-13-4-6-17(22)11-19(13)25(30(3,27)28)14(2)20(26)24-8-9-29-12-15-5-7-16(21)10-18(15)23/h4-7,10-11,14H,8-9,12H2,1-3H3,(H,24,26)/t14-/m0/s1. The molecule has 0 aliphatic heterocycles. The number of carbonyl (C=O) groups excluding carboxylic acids is 1. The van der Waals surface area contributed by atoms with E-state index in [0.717, 1.165) is 16.1 Å². The Morgan fingerprint density at radius 2 is 1.77 bits per heavy atom. The van der Waals surface area contributed by atoms with E-state index in [1.54, 1.807) is 55.9 Å². The van der Waals surface area contributed by atoms with Crippen molar-refractivity contribution in [3.63, 3.8) is 0 Å². The molecular weight excluding hydrogens is 487 g/mol. The van der Waals surface area contributed by atoms with Crippen molar-refractivity contribution in [1.29, 1.82) is 0 Å². The lowest BCUT2D eigenvalue weighted by Gasteiger charge is -2.29. The molecule has 10 heteroatoms. The van der Waals surface area contributed by atoms with Gasteiger partial charge in [0, 0.05) is 33.1 Å². The Balaban J connectivity index is 1.96. The molecule has 0 aromatic heterocycles. The van der Waals surface area contributed by atoms with Gasteiger partial charge >= 0.3 is 0 Å². The third kappa shape index (κ3) is 6.95. The van der Waals surface area contributed by atoms with Crippen LogP contribution in [0.2, 0.25) is 15.1 Å². The van der Waals surface area contributed by atoms with E-state index in [1.165, 1.54) is 0 Å². The SMILES string of the molecule is Cc1ccc(Cl)cc1N([C@@H](C)C(=O)NCCSCc1ccc(Cl)cc1Cl)S(C)(=O)=O. The summed E-state index contributed by atoms with van der Waals surface area (Å²) in [6.07, 6.45) is 1.07. The van der Waals surface area contributed by atoms with E-state index in [1.807, 2.05) is 6.07 Å². The van der Waals surface area contributed by atoms with Crippen LogP contribution in [-0.2, 0) is 20.6 Å². The summed E-state index contributed by atoms with van der Waals surface area (Å²) in [6, 6.07) is 9.37. The van der Waals surface area contributed by atoms with Gasteiger partial charge in [0.1, 0.15) is 6.04 Å². The molecule has 1 N–H and O–H groups in total. The lowest BCUT2D eigenvalue weighted by Crippen LogP contribution is -2.48. The lowest BCUT2D eigenvalue weighted by atomic mass is 10.2. The summed E-state index contributed by atoms with van der Waals surface area (Å²) in [6.45, 7) is 3.72. The van der Waals surface area contributed by atoms with Gasteiger partial charge in [-0.3, -0.25) is 9.10 Å². The van der Waals surface area contributed by atoms with Gasteiger partial charge in [-0.15, -0.1) is 0 Å². The van der Waals surface area contributed by atoms with Gasteiger partial charge < -0.3 is 5.32 Å². The number of nitrogens with one attached hydrogen (secondary N) is 1. The van der Waals surface area contributed by atoms with Crippen molar-refractivity contribution < 1.29 is 13.2 Å². The summed E-state index contributed by atoms with van der Waals surface area (Å²) in [5, 5.41) is 4.38. The molecule has 5 nitrogen and oxygen atoms in total.